The maximum absolute atomic E-state index is 15.1. The fraction of sp³-hybridized carbons (Fsp3) is 0.194. The normalized spacial score (nSPS) is 23.9. The first-order valence-corrected chi connectivity index (χ1v) is 14.5. The highest BCUT2D eigenvalue weighted by Crippen LogP contribution is 2.59. The molecule has 0 saturated carbocycles. The van der Waals surface area contributed by atoms with Gasteiger partial charge in [0.05, 0.1) is 19.1 Å². The molecule has 0 radical (unpaired) electrons. The van der Waals surface area contributed by atoms with Crippen LogP contribution in [0.2, 0.25) is 0 Å². The zero-order valence-corrected chi connectivity index (χ0v) is 24.1. The van der Waals surface area contributed by atoms with E-state index in [9.17, 15) is 9.59 Å². The predicted molar refractivity (Wildman–Crippen MR) is 165 cm³/mol. The highest BCUT2D eigenvalue weighted by molar-refractivity contribution is 6.18. The molecule has 8 rings (SSSR count). The van der Waals surface area contributed by atoms with E-state index >= 15 is 4.79 Å². The van der Waals surface area contributed by atoms with E-state index in [0.29, 0.717) is 39.6 Å². The maximum atomic E-state index is 15.1. The average molecular weight is 585 g/mol. The Morgan fingerprint density at radius 1 is 0.886 bits per heavy atom. The third kappa shape index (κ3) is 3.48. The van der Waals surface area contributed by atoms with Gasteiger partial charge in [-0.2, -0.15) is 0 Å². The van der Waals surface area contributed by atoms with Gasteiger partial charge in [0.2, 0.25) is 12.7 Å². The van der Waals surface area contributed by atoms with E-state index in [1.807, 2.05) is 66.4 Å². The zero-order chi connectivity index (χ0) is 30.2. The van der Waals surface area contributed by atoms with Crippen LogP contribution in [0.4, 0.5) is 11.4 Å². The molecule has 44 heavy (non-hydrogen) atoms. The minimum atomic E-state index is -1.40. The number of hydrogen-bond donors (Lipinski definition) is 1. The number of amides is 1. The smallest absolute Gasteiger partial charge is 0.238 e. The summed E-state index contributed by atoms with van der Waals surface area (Å²) in [4.78, 5) is 46.5. The number of allylic oxidation sites excluding steroid dienone is 1. The van der Waals surface area contributed by atoms with Gasteiger partial charge in [0.1, 0.15) is 17.2 Å². The van der Waals surface area contributed by atoms with Gasteiger partial charge in [-0.3, -0.25) is 14.4 Å². The Hall–Kier alpha value is -5.37. The van der Waals surface area contributed by atoms with Crippen molar-refractivity contribution in [2.75, 3.05) is 24.1 Å². The first kappa shape index (κ1) is 26.3. The fourth-order valence-corrected chi connectivity index (χ4v) is 7.56. The topological polar surface area (TPSA) is 94.2 Å². The van der Waals surface area contributed by atoms with Crippen LogP contribution in [0.15, 0.2) is 97.1 Å². The van der Waals surface area contributed by atoms with Crippen LogP contribution in [0, 0.1) is 5.92 Å². The van der Waals surface area contributed by atoms with Crippen LogP contribution < -0.4 is 24.4 Å². The molecule has 0 aliphatic carbocycles. The highest BCUT2D eigenvalue weighted by atomic mass is 16.7. The summed E-state index contributed by atoms with van der Waals surface area (Å²) in [6.45, 7) is 2.07. The van der Waals surface area contributed by atoms with Crippen molar-refractivity contribution in [3.63, 3.8) is 0 Å². The summed E-state index contributed by atoms with van der Waals surface area (Å²) in [7, 11) is 1.55. The third-order valence-electron chi connectivity index (χ3n) is 9.45. The number of carbonyl (C=O) groups excluding carboxylic acids is 3. The molecule has 1 saturated heterocycles. The van der Waals surface area contributed by atoms with Crippen molar-refractivity contribution in [2.45, 2.75) is 24.4 Å². The van der Waals surface area contributed by atoms with Crippen LogP contribution >= 0.6 is 0 Å². The van der Waals surface area contributed by atoms with Crippen LogP contribution in [0.1, 0.15) is 38.8 Å². The second-order valence-electron chi connectivity index (χ2n) is 11.5. The summed E-state index contributed by atoms with van der Waals surface area (Å²) in [5, 5.41) is 3.07. The van der Waals surface area contributed by atoms with E-state index in [-0.39, 0.29) is 24.3 Å². The second kappa shape index (κ2) is 9.57. The van der Waals surface area contributed by atoms with Gasteiger partial charge in [0.15, 0.2) is 23.1 Å². The minimum absolute atomic E-state index is 0.0593. The van der Waals surface area contributed by atoms with Crippen molar-refractivity contribution >= 4 is 34.4 Å². The van der Waals surface area contributed by atoms with Gasteiger partial charge in [-0.25, -0.2) is 0 Å². The standard InChI is InChI=1S/C36H28N2O6/c1-20-16-30-36(25-11-4-5-12-26(25)37-35(36)41)31(33(39)22-14-15-28-29(18-22)44-19-43-28)32(38(30)27-13-6-3-10-24(20)27)34(40)21-8-7-9-23(17-21)42-2/h3-18,30-32H,19H2,1-2H3,(H,37,41)/t30-,31+,32-,36+/m0/s1. The number of benzene rings is 4. The van der Waals surface area contributed by atoms with Gasteiger partial charge in [-0.15, -0.1) is 0 Å². The summed E-state index contributed by atoms with van der Waals surface area (Å²) in [5.74, 6) is -0.478. The van der Waals surface area contributed by atoms with Crippen LogP contribution in [0.5, 0.6) is 17.2 Å². The molecule has 1 fully saturated rings. The van der Waals surface area contributed by atoms with Crippen LogP contribution in [0.25, 0.3) is 5.57 Å². The van der Waals surface area contributed by atoms with Gasteiger partial charge >= 0.3 is 0 Å². The number of nitrogens with zero attached hydrogens (tertiary/aromatic N) is 1. The van der Waals surface area contributed by atoms with E-state index in [1.165, 1.54) is 0 Å². The van der Waals surface area contributed by atoms with Gasteiger partial charge in [0.25, 0.3) is 0 Å². The largest absolute Gasteiger partial charge is 0.497 e. The lowest BCUT2D eigenvalue weighted by atomic mass is 9.64. The summed E-state index contributed by atoms with van der Waals surface area (Å²) in [5.41, 5.74) is 3.39. The Labute approximate surface area is 253 Å². The summed E-state index contributed by atoms with van der Waals surface area (Å²) in [6, 6.07) is 25.6. The molecule has 0 aromatic heterocycles. The zero-order valence-electron chi connectivity index (χ0n) is 24.1. The van der Waals surface area contributed by atoms with Gasteiger partial charge in [0, 0.05) is 28.1 Å². The van der Waals surface area contributed by atoms with Crippen LogP contribution in [-0.2, 0) is 10.2 Å². The van der Waals surface area contributed by atoms with Crippen LogP contribution in [0.3, 0.4) is 0 Å². The lowest BCUT2D eigenvalue weighted by molar-refractivity contribution is -0.121. The molecule has 0 bridgehead atoms. The van der Waals surface area contributed by atoms with E-state index in [0.717, 1.165) is 16.8 Å². The Bertz CT molecular complexity index is 1930. The van der Waals surface area contributed by atoms with Crippen molar-refractivity contribution < 1.29 is 28.6 Å². The third-order valence-corrected chi connectivity index (χ3v) is 9.45. The van der Waals surface area contributed by atoms with E-state index in [4.69, 9.17) is 14.2 Å². The minimum Gasteiger partial charge on any atom is -0.497 e. The number of fused-ring (bicyclic) bond motifs is 7. The lowest BCUT2D eigenvalue weighted by Gasteiger charge is -2.39. The molecule has 8 nitrogen and oxygen atoms in total. The Morgan fingerprint density at radius 3 is 2.52 bits per heavy atom. The number of ether oxygens (including phenoxy) is 3. The maximum Gasteiger partial charge on any atom is 0.238 e. The van der Waals surface area contributed by atoms with Crippen molar-refractivity contribution in [1.82, 2.24) is 0 Å². The summed E-state index contributed by atoms with van der Waals surface area (Å²) >= 11 is 0. The first-order valence-electron chi connectivity index (χ1n) is 14.5. The Kier molecular flexibility index (Phi) is 5.71. The number of anilines is 2. The molecule has 1 spiro atoms. The average Bonchev–Trinajstić information content (AvgIpc) is 3.73. The molecule has 1 amide bonds. The predicted octanol–water partition coefficient (Wildman–Crippen LogP) is 5.67. The van der Waals surface area contributed by atoms with Gasteiger partial charge in [-0.1, -0.05) is 54.6 Å². The molecule has 4 aromatic carbocycles. The van der Waals surface area contributed by atoms with Crippen molar-refractivity contribution in [3.8, 4) is 17.2 Å². The Morgan fingerprint density at radius 2 is 1.66 bits per heavy atom. The van der Waals surface area contributed by atoms with E-state index in [2.05, 4.69) is 5.32 Å². The number of ketones is 2. The van der Waals surface area contributed by atoms with Gasteiger partial charge < -0.3 is 24.4 Å². The number of para-hydroxylation sites is 2. The van der Waals surface area contributed by atoms with E-state index in [1.54, 1.807) is 49.6 Å². The molecule has 218 valence electrons. The number of rotatable bonds is 5. The second-order valence-corrected chi connectivity index (χ2v) is 11.5. The molecule has 4 aliphatic rings. The quantitative estimate of drug-likeness (QED) is 0.302. The fourth-order valence-electron chi connectivity index (χ4n) is 7.56. The molecule has 4 aliphatic heterocycles. The van der Waals surface area contributed by atoms with Gasteiger partial charge in [-0.05, 0) is 60.5 Å². The SMILES string of the molecule is COc1cccc(C(=O)[C@@H]2[C@H](C(=O)c3ccc4c(c3)OCO4)[C@]3(C(=O)Nc4ccccc43)[C@@H]3C=C(C)c4ccccc4N23)c1. The molecule has 4 heterocycles. The molecule has 8 heteroatoms. The molecule has 4 atom stereocenters. The number of Topliss-reactive ketones (excluding diaryl/α,β-unsaturated/α-hetero) is 2. The monoisotopic (exact) mass is 584 g/mol. The highest BCUT2D eigenvalue weighted by Gasteiger charge is 2.70. The number of methoxy groups -OCH3 is 1. The Balaban J connectivity index is 1.42. The number of carbonyl (C=O) groups is 3. The van der Waals surface area contributed by atoms with Crippen molar-refractivity contribution in [3.05, 3.63) is 119 Å². The molecular weight excluding hydrogens is 556 g/mol. The molecule has 0 unspecified atom stereocenters. The summed E-state index contributed by atoms with van der Waals surface area (Å²) in [6.07, 6.45) is 2.04. The first-order chi connectivity index (χ1) is 21.4. The van der Waals surface area contributed by atoms with Crippen LogP contribution in [-0.4, -0.2) is 43.5 Å². The molecule has 1 N–H and O–H groups in total. The number of nitrogens with one attached hydrogen (secondary N) is 1. The lowest BCUT2D eigenvalue weighted by Crippen LogP contribution is -2.51. The molecule has 4 aromatic rings. The molecular formula is C36H28N2O6. The van der Waals surface area contributed by atoms with Crippen molar-refractivity contribution in [1.29, 1.82) is 0 Å². The number of hydrogen-bond acceptors (Lipinski definition) is 7. The van der Waals surface area contributed by atoms with Crippen molar-refractivity contribution in [2.24, 2.45) is 5.92 Å². The van der Waals surface area contributed by atoms with E-state index < -0.39 is 23.4 Å². The summed E-state index contributed by atoms with van der Waals surface area (Å²) < 4.78 is 16.6.